The van der Waals surface area contributed by atoms with E-state index in [4.69, 9.17) is 4.74 Å². The summed E-state index contributed by atoms with van der Waals surface area (Å²) in [6.45, 7) is 2.57. The highest BCUT2D eigenvalue weighted by molar-refractivity contribution is 5.90. The molecule has 1 aromatic heterocycles. The van der Waals surface area contributed by atoms with E-state index in [1.165, 1.54) is 38.5 Å². The molecule has 3 N–H and O–H groups in total. The zero-order valence-corrected chi connectivity index (χ0v) is 20.4. The summed E-state index contributed by atoms with van der Waals surface area (Å²) in [5, 5.41) is 20.0. The van der Waals surface area contributed by atoms with Crippen LogP contribution in [0.25, 0.3) is 0 Å². The summed E-state index contributed by atoms with van der Waals surface area (Å²) in [6.07, 6.45) is 17.0. The molecule has 5 unspecified atom stereocenters. The van der Waals surface area contributed by atoms with Gasteiger partial charge in [0.05, 0.1) is 24.0 Å². The van der Waals surface area contributed by atoms with Crippen LogP contribution in [0.4, 0.5) is 0 Å². The van der Waals surface area contributed by atoms with Gasteiger partial charge in [0.25, 0.3) is 5.91 Å². The van der Waals surface area contributed by atoms with Crippen molar-refractivity contribution < 1.29 is 19.4 Å². The van der Waals surface area contributed by atoms with Gasteiger partial charge in [-0.2, -0.15) is 5.10 Å². The monoisotopic (exact) mass is 472 g/mol. The fraction of sp³-hybridized carbons (Fsp3) is 0.769. The van der Waals surface area contributed by atoms with Crippen molar-refractivity contribution in [2.75, 3.05) is 6.54 Å². The molecule has 4 rings (SSSR count). The topological polar surface area (TPSA) is 117 Å². The van der Waals surface area contributed by atoms with Crippen LogP contribution in [-0.4, -0.2) is 50.9 Å². The average Bonchev–Trinajstić information content (AvgIpc) is 3.58. The number of carbonyl (C=O) groups excluding carboxylic acids is 1. The van der Waals surface area contributed by atoms with E-state index in [1.807, 2.05) is 19.1 Å². The van der Waals surface area contributed by atoms with Crippen molar-refractivity contribution in [1.82, 2.24) is 20.5 Å². The molecule has 2 saturated heterocycles. The maximum Gasteiger partial charge on any atom is 0.306 e. The van der Waals surface area contributed by atoms with E-state index in [0.29, 0.717) is 18.8 Å². The van der Waals surface area contributed by atoms with Crippen LogP contribution in [0.1, 0.15) is 106 Å². The maximum atomic E-state index is 12.6. The fourth-order valence-electron chi connectivity index (χ4n) is 6.33. The third kappa shape index (κ3) is 5.88. The van der Waals surface area contributed by atoms with Gasteiger partial charge in [0.2, 0.25) is 5.82 Å². The largest absolute Gasteiger partial charge is 0.481 e. The molecule has 1 saturated carbocycles. The quantitative estimate of drug-likeness (QED) is 0.302. The standard InChI is InChI=1S/C26H40N4O4/c1-2-3-5-13-18(26(32)33)21-19-14-15-20(34-19)22(21)23-28-24(30-29-23)25(31)27-16-9-8-12-17-10-6-4-7-11-17/h2-3,17-22H,4-16H2,1H3,(H,27,31)(H,32,33)(H,28,29,30). The number of nitrogens with zero attached hydrogens (tertiary/aromatic N) is 2. The van der Waals surface area contributed by atoms with E-state index in [-0.39, 0.29) is 35.8 Å². The number of ether oxygens (including phenoxy) is 1. The van der Waals surface area contributed by atoms with Crippen molar-refractivity contribution in [2.24, 2.45) is 17.8 Å². The number of carboxylic acid groups (broad SMARTS) is 1. The molecule has 0 spiro atoms. The number of fused-ring (bicyclic) bond motifs is 2. The van der Waals surface area contributed by atoms with Gasteiger partial charge in [-0.1, -0.05) is 57.1 Å². The molecule has 0 aromatic carbocycles. The molecule has 2 aliphatic heterocycles. The second kappa shape index (κ2) is 12.0. The second-order valence-electron chi connectivity index (χ2n) is 10.3. The molecule has 1 amide bonds. The number of hydrogen-bond acceptors (Lipinski definition) is 5. The Morgan fingerprint density at radius 1 is 1.18 bits per heavy atom. The summed E-state index contributed by atoms with van der Waals surface area (Å²) in [5.74, 6) is -0.354. The van der Waals surface area contributed by atoms with Crippen LogP contribution in [0.5, 0.6) is 0 Å². The van der Waals surface area contributed by atoms with Crippen molar-refractivity contribution in [1.29, 1.82) is 0 Å². The summed E-state index contributed by atoms with van der Waals surface area (Å²) in [6, 6.07) is 0. The van der Waals surface area contributed by atoms with Crippen LogP contribution in [-0.2, 0) is 9.53 Å². The fourth-order valence-corrected chi connectivity index (χ4v) is 6.33. The van der Waals surface area contributed by atoms with Gasteiger partial charge in [-0.25, -0.2) is 4.98 Å². The van der Waals surface area contributed by atoms with Gasteiger partial charge in [-0.3, -0.25) is 14.7 Å². The molecule has 34 heavy (non-hydrogen) atoms. The molecule has 2 bridgehead atoms. The summed E-state index contributed by atoms with van der Waals surface area (Å²) in [5.41, 5.74) is 0. The van der Waals surface area contributed by atoms with Crippen LogP contribution in [0.2, 0.25) is 0 Å². The first-order valence-electron chi connectivity index (χ1n) is 13.3. The number of carbonyl (C=O) groups is 2. The van der Waals surface area contributed by atoms with Gasteiger partial charge < -0.3 is 15.2 Å². The normalized spacial score (nSPS) is 27.9. The summed E-state index contributed by atoms with van der Waals surface area (Å²) in [7, 11) is 0. The zero-order valence-electron chi connectivity index (χ0n) is 20.4. The van der Waals surface area contributed by atoms with Crippen molar-refractivity contribution in [3.05, 3.63) is 23.8 Å². The summed E-state index contributed by atoms with van der Waals surface area (Å²) < 4.78 is 6.13. The van der Waals surface area contributed by atoms with Crippen LogP contribution >= 0.6 is 0 Å². The molecular weight excluding hydrogens is 432 g/mol. The Bertz CT molecular complexity index is 848. The predicted molar refractivity (Wildman–Crippen MR) is 128 cm³/mol. The maximum absolute atomic E-state index is 12.6. The Morgan fingerprint density at radius 3 is 2.74 bits per heavy atom. The van der Waals surface area contributed by atoms with Crippen molar-refractivity contribution in [3.63, 3.8) is 0 Å². The molecule has 0 radical (unpaired) electrons. The van der Waals surface area contributed by atoms with Crippen molar-refractivity contribution >= 4 is 11.9 Å². The van der Waals surface area contributed by atoms with Gasteiger partial charge in [-0.15, -0.1) is 0 Å². The minimum absolute atomic E-state index is 0.0786. The number of aliphatic carboxylic acids is 1. The average molecular weight is 473 g/mol. The Kier molecular flexibility index (Phi) is 8.75. The Morgan fingerprint density at radius 2 is 1.97 bits per heavy atom. The molecule has 5 atom stereocenters. The number of aromatic amines is 1. The Balaban J connectivity index is 1.32. The Hall–Kier alpha value is -2.22. The first kappa shape index (κ1) is 24.9. The van der Waals surface area contributed by atoms with Crippen LogP contribution in [0, 0.1) is 17.8 Å². The van der Waals surface area contributed by atoms with Crippen molar-refractivity contribution in [2.45, 2.75) is 102 Å². The lowest BCUT2D eigenvalue weighted by Crippen LogP contribution is -2.36. The van der Waals surface area contributed by atoms with Gasteiger partial charge in [0.15, 0.2) is 5.82 Å². The van der Waals surface area contributed by atoms with Gasteiger partial charge in [0.1, 0.15) is 0 Å². The number of carboxylic acids is 1. The molecule has 3 fully saturated rings. The van der Waals surface area contributed by atoms with E-state index >= 15 is 0 Å². The predicted octanol–water partition coefficient (Wildman–Crippen LogP) is 4.60. The number of H-pyrrole nitrogens is 1. The van der Waals surface area contributed by atoms with Gasteiger partial charge >= 0.3 is 5.97 Å². The highest BCUT2D eigenvalue weighted by Crippen LogP contribution is 2.51. The van der Waals surface area contributed by atoms with Crippen molar-refractivity contribution in [3.8, 4) is 0 Å². The van der Waals surface area contributed by atoms with E-state index in [9.17, 15) is 14.7 Å². The number of nitrogens with one attached hydrogen (secondary N) is 2. The van der Waals surface area contributed by atoms with Gasteiger partial charge in [0, 0.05) is 12.5 Å². The molecule has 188 valence electrons. The number of rotatable bonds is 12. The smallest absolute Gasteiger partial charge is 0.306 e. The third-order valence-corrected chi connectivity index (χ3v) is 8.06. The first-order chi connectivity index (χ1) is 16.6. The second-order valence-corrected chi connectivity index (χ2v) is 10.3. The minimum atomic E-state index is -0.794. The van der Waals surface area contributed by atoms with E-state index in [0.717, 1.165) is 38.0 Å². The Labute approximate surface area is 202 Å². The SMILES string of the molecule is CC=CCCC(C(=O)O)C1C2CCC(O2)C1c1n[nH]c(C(=O)NCCCCC2CCCCC2)n1. The number of amides is 1. The van der Waals surface area contributed by atoms with Crippen LogP contribution < -0.4 is 5.32 Å². The van der Waals surface area contributed by atoms with Crippen LogP contribution in [0.3, 0.4) is 0 Å². The van der Waals surface area contributed by atoms with Gasteiger partial charge in [-0.05, 0) is 44.9 Å². The highest BCUT2D eigenvalue weighted by atomic mass is 16.5. The number of hydrogen-bond donors (Lipinski definition) is 3. The lowest BCUT2D eigenvalue weighted by atomic mass is 9.70. The number of aromatic nitrogens is 3. The molecule has 8 nitrogen and oxygen atoms in total. The molecule has 3 aliphatic rings. The third-order valence-electron chi connectivity index (χ3n) is 8.06. The summed E-state index contributed by atoms with van der Waals surface area (Å²) >= 11 is 0. The molecular formula is C26H40N4O4. The molecule has 1 aliphatic carbocycles. The van der Waals surface area contributed by atoms with Crippen LogP contribution in [0.15, 0.2) is 12.2 Å². The number of unbranched alkanes of at least 4 members (excludes halogenated alkanes) is 1. The zero-order chi connectivity index (χ0) is 23.9. The molecule has 8 heteroatoms. The molecule has 3 heterocycles. The van der Waals surface area contributed by atoms with E-state index < -0.39 is 11.9 Å². The lowest BCUT2D eigenvalue weighted by Gasteiger charge is -2.30. The molecule has 1 aromatic rings. The first-order valence-corrected chi connectivity index (χ1v) is 13.3. The van der Waals surface area contributed by atoms with E-state index in [1.54, 1.807) is 0 Å². The minimum Gasteiger partial charge on any atom is -0.481 e. The highest BCUT2D eigenvalue weighted by Gasteiger charge is 2.55. The summed E-state index contributed by atoms with van der Waals surface area (Å²) in [4.78, 5) is 29.3. The van der Waals surface area contributed by atoms with E-state index in [2.05, 4.69) is 20.5 Å². The number of allylic oxidation sites excluding steroid dienone is 2. The lowest BCUT2D eigenvalue weighted by molar-refractivity contribution is -0.145.